The maximum atomic E-state index is 10.7. The summed E-state index contributed by atoms with van der Waals surface area (Å²) in [5, 5.41) is 0. The van der Waals surface area contributed by atoms with Gasteiger partial charge in [0.1, 0.15) is 0 Å². The standard InChI is InChI=1S/C7H10O2/c1-3-6-5(2)4-9-7(6)8/h4,6H,3H2,1-2H3. The molecule has 2 nitrogen and oxygen atoms in total. The van der Waals surface area contributed by atoms with E-state index in [0.29, 0.717) is 0 Å². The van der Waals surface area contributed by atoms with Crippen LogP contribution in [0.15, 0.2) is 11.8 Å². The molecule has 0 bridgehead atoms. The first-order valence-electron chi connectivity index (χ1n) is 3.13. The van der Waals surface area contributed by atoms with Crippen LogP contribution >= 0.6 is 0 Å². The zero-order chi connectivity index (χ0) is 6.85. The van der Waals surface area contributed by atoms with Gasteiger partial charge in [0, 0.05) is 0 Å². The van der Waals surface area contributed by atoms with Crippen LogP contribution in [-0.4, -0.2) is 5.97 Å². The maximum absolute atomic E-state index is 10.7. The monoisotopic (exact) mass is 126 g/mol. The molecule has 1 aliphatic heterocycles. The predicted octanol–water partition coefficient (Wildman–Crippen LogP) is 1.47. The Morgan fingerprint density at radius 2 is 2.44 bits per heavy atom. The molecule has 0 aromatic rings. The average molecular weight is 126 g/mol. The molecular weight excluding hydrogens is 116 g/mol. The van der Waals surface area contributed by atoms with Gasteiger partial charge in [-0.1, -0.05) is 6.92 Å². The molecule has 0 aromatic carbocycles. The van der Waals surface area contributed by atoms with E-state index in [1.54, 1.807) is 0 Å². The quantitative estimate of drug-likeness (QED) is 0.497. The molecule has 2 heteroatoms. The van der Waals surface area contributed by atoms with Crippen molar-refractivity contribution in [2.24, 2.45) is 5.92 Å². The molecule has 1 rings (SSSR count). The first kappa shape index (κ1) is 6.33. The zero-order valence-electron chi connectivity index (χ0n) is 5.68. The van der Waals surface area contributed by atoms with E-state index in [-0.39, 0.29) is 11.9 Å². The van der Waals surface area contributed by atoms with Crippen molar-refractivity contribution in [3.8, 4) is 0 Å². The fourth-order valence-corrected chi connectivity index (χ4v) is 0.990. The maximum Gasteiger partial charge on any atom is 0.317 e. The van der Waals surface area contributed by atoms with Crippen molar-refractivity contribution in [2.75, 3.05) is 0 Å². The number of carbonyl (C=O) groups excluding carboxylic acids is 1. The van der Waals surface area contributed by atoms with Gasteiger partial charge in [-0.2, -0.15) is 0 Å². The van der Waals surface area contributed by atoms with E-state index >= 15 is 0 Å². The van der Waals surface area contributed by atoms with Gasteiger partial charge < -0.3 is 4.74 Å². The van der Waals surface area contributed by atoms with Crippen molar-refractivity contribution in [1.82, 2.24) is 0 Å². The van der Waals surface area contributed by atoms with Crippen molar-refractivity contribution >= 4 is 5.97 Å². The van der Waals surface area contributed by atoms with Gasteiger partial charge in [0.2, 0.25) is 0 Å². The number of carbonyl (C=O) groups is 1. The van der Waals surface area contributed by atoms with Crippen molar-refractivity contribution in [1.29, 1.82) is 0 Å². The van der Waals surface area contributed by atoms with E-state index in [4.69, 9.17) is 0 Å². The first-order valence-corrected chi connectivity index (χ1v) is 3.13. The summed E-state index contributed by atoms with van der Waals surface area (Å²) in [6.45, 7) is 3.90. The van der Waals surface area contributed by atoms with Gasteiger partial charge in [0.05, 0.1) is 12.2 Å². The minimum atomic E-state index is -0.102. The topological polar surface area (TPSA) is 26.3 Å². The van der Waals surface area contributed by atoms with Crippen molar-refractivity contribution in [3.05, 3.63) is 11.8 Å². The van der Waals surface area contributed by atoms with Gasteiger partial charge in [-0.25, -0.2) is 0 Å². The van der Waals surface area contributed by atoms with Crippen molar-refractivity contribution in [2.45, 2.75) is 20.3 Å². The molecule has 0 spiro atoms. The van der Waals surface area contributed by atoms with E-state index < -0.39 is 0 Å². The summed E-state index contributed by atoms with van der Waals surface area (Å²) in [5.74, 6) is -0.0694. The molecule has 1 aliphatic rings. The second kappa shape index (κ2) is 2.21. The number of ether oxygens (including phenoxy) is 1. The highest BCUT2D eigenvalue weighted by Crippen LogP contribution is 2.21. The van der Waals surface area contributed by atoms with E-state index in [1.165, 1.54) is 6.26 Å². The van der Waals surface area contributed by atoms with E-state index in [1.807, 2.05) is 13.8 Å². The summed E-state index contributed by atoms with van der Waals surface area (Å²) in [4.78, 5) is 10.7. The number of rotatable bonds is 1. The van der Waals surface area contributed by atoms with Crippen molar-refractivity contribution in [3.63, 3.8) is 0 Å². The Morgan fingerprint density at radius 1 is 1.78 bits per heavy atom. The third kappa shape index (κ3) is 0.969. The minimum Gasteiger partial charge on any atom is -0.434 e. The summed E-state index contributed by atoms with van der Waals surface area (Å²) in [6, 6.07) is 0. The van der Waals surface area contributed by atoms with Gasteiger partial charge in [0.15, 0.2) is 0 Å². The molecule has 0 saturated carbocycles. The molecule has 0 radical (unpaired) electrons. The molecule has 0 aliphatic carbocycles. The largest absolute Gasteiger partial charge is 0.434 e. The number of cyclic esters (lactones) is 1. The smallest absolute Gasteiger partial charge is 0.317 e. The van der Waals surface area contributed by atoms with Gasteiger partial charge >= 0.3 is 5.97 Å². The SMILES string of the molecule is CCC1C(=O)OC=C1C. The lowest BCUT2D eigenvalue weighted by molar-refractivity contribution is -0.139. The Labute approximate surface area is 54.5 Å². The Morgan fingerprint density at radius 3 is 2.67 bits per heavy atom. The van der Waals surface area contributed by atoms with Crippen LogP contribution in [0.4, 0.5) is 0 Å². The van der Waals surface area contributed by atoms with Crippen LogP contribution in [0.25, 0.3) is 0 Å². The van der Waals surface area contributed by atoms with Gasteiger partial charge in [0.25, 0.3) is 0 Å². The van der Waals surface area contributed by atoms with E-state index in [9.17, 15) is 4.79 Å². The molecule has 50 valence electrons. The summed E-state index contributed by atoms with van der Waals surface area (Å²) < 4.78 is 4.67. The van der Waals surface area contributed by atoms with Crippen LogP contribution in [0.3, 0.4) is 0 Å². The molecular formula is C7H10O2. The lowest BCUT2D eigenvalue weighted by atomic mass is 10.0. The number of hydrogen-bond acceptors (Lipinski definition) is 2. The van der Waals surface area contributed by atoms with Crippen LogP contribution in [0, 0.1) is 5.92 Å². The number of hydrogen-bond donors (Lipinski definition) is 0. The third-order valence-corrected chi connectivity index (χ3v) is 1.60. The van der Waals surface area contributed by atoms with Crippen LogP contribution in [0.1, 0.15) is 20.3 Å². The molecule has 0 N–H and O–H groups in total. The summed E-state index contributed by atoms with van der Waals surface area (Å²) in [5.41, 5.74) is 1.04. The van der Waals surface area contributed by atoms with E-state index in [0.717, 1.165) is 12.0 Å². The zero-order valence-corrected chi connectivity index (χ0v) is 5.68. The van der Waals surface area contributed by atoms with E-state index in [2.05, 4.69) is 4.74 Å². The summed E-state index contributed by atoms with van der Waals surface area (Å²) >= 11 is 0. The highest BCUT2D eigenvalue weighted by Gasteiger charge is 2.24. The molecule has 1 atom stereocenters. The normalized spacial score (nSPS) is 25.8. The fraction of sp³-hybridized carbons (Fsp3) is 0.571. The second-order valence-electron chi connectivity index (χ2n) is 2.26. The first-order chi connectivity index (χ1) is 4.25. The molecule has 1 unspecified atom stereocenters. The van der Waals surface area contributed by atoms with Crippen molar-refractivity contribution < 1.29 is 9.53 Å². The van der Waals surface area contributed by atoms with Crippen LogP contribution < -0.4 is 0 Å². The molecule has 0 saturated heterocycles. The number of esters is 1. The fourth-order valence-electron chi connectivity index (χ4n) is 0.990. The van der Waals surface area contributed by atoms with Crippen LogP contribution in [-0.2, 0) is 9.53 Å². The van der Waals surface area contributed by atoms with Crippen LogP contribution in [0.5, 0.6) is 0 Å². The highest BCUT2D eigenvalue weighted by molar-refractivity contribution is 5.78. The summed E-state index contributed by atoms with van der Waals surface area (Å²) in [6.07, 6.45) is 2.39. The molecule has 0 fully saturated rings. The summed E-state index contributed by atoms with van der Waals surface area (Å²) in [7, 11) is 0. The lowest BCUT2D eigenvalue weighted by Crippen LogP contribution is -2.08. The average Bonchev–Trinajstić information content (AvgIpc) is 2.12. The molecule has 9 heavy (non-hydrogen) atoms. The van der Waals surface area contributed by atoms with Crippen LogP contribution in [0.2, 0.25) is 0 Å². The molecule has 0 aromatic heterocycles. The highest BCUT2D eigenvalue weighted by atomic mass is 16.5. The lowest BCUT2D eigenvalue weighted by Gasteiger charge is -2.00. The third-order valence-electron chi connectivity index (χ3n) is 1.60. The Kier molecular flexibility index (Phi) is 1.56. The molecule has 1 heterocycles. The Balaban J connectivity index is 2.67. The second-order valence-corrected chi connectivity index (χ2v) is 2.26. The predicted molar refractivity (Wildman–Crippen MR) is 33.6 cm³/mol. The van der Waals surface area contributed by atoms with Gasteiger partial charge in [-0.3, -0.25) is 4.79 Å². The molecule has 0 amide bonds. The Bertz CT molecular complexity index is 158. The minimum absolute atomic E-state index is 0.0324. The Hall–Kier alpha value is -0.790. The van der Waals surface area contributed by atoms with Gasteiger partial charge in [-0.15, -0.1) is 0 Å². The van der Waals surface area contributed by atoms with Gasteiger partial charge in [-0.05, 0) is 18.9 Å².